The fraction of sp³-hybridized carbons (Fsp3) is 1.00. The van der Waals surface area contributed by atoms with E-state index >= 15 is 0 Å². The molecule has 0 N–H and O–H groups in total. The summed E-state index contributed by atoms with van der Waals surface area (Å²) in [6.07, 6.45) is -4.20. The number of hydrogen-bond acceptors (Lipinski definition) is 1. The van der Waals surface area contributed by atoms with Gasteiger partial charge in [0.05, 0.1) is 0 Å². The second kappa shape index (κ2) is 6.41. The van der Waals surface area contributed by atoms with Gasteiger partial charge in [-0.05, 0) is 20.8 Å². The zero-order valence-electron chi connectivity index (χ0n) is 13.4. The second-order valence-electron chi connectivity index (χ2n) is 5.83. The molecule has 0 aromatic heterocycles. The Morgan fingerprint density at radius 2 is 0.885 bits per heavy atom. The maximum Gasteiger partial charge on any atom is 0.384 e. The van der Waals surface area contributed by atoms with E-state index in [0.29, 0.717) is 0 Å². The van der Waals surface area contributed by atoms with Gasteiger partial charge in [-0.15, -0.1) is 0 Å². The Kier molecular flexibility index (Phi) is 6.23. The summed E-state index contributed by atoms with van der Waals surface area (Å²) < 4.78 is 177. The Bertz CT molecular complexity index is 514. The standard InChI is InChI=1S/C11H13F13OSi/c1-4(12)6(13,14)8(17,18)10(21,22)11(23,24)9(19,20)7(15,16)5(2,3)25-26/h4H,1-3,26H3. The Morgan fingerprint density at radius 1 is 0.615 bits per heavy atom. The van der Waals surface area contributed by atoms with Crippen molar-refractivity contribution in [2.24, 2.45) is 0 Å². The summed E-state index contributed by atoms with van der Waals surface area (Å²) in [6.45, 7) is -0.301. The molecule has 0 aromatic rings. The van der Waals surface area contributed by atoms with E-state index in [9.17, 15) is 57.1 Å². The molecule has 0 amide bonds. The monoisotopic (exact) mass is 436 g/mol. The topological polar surface area (TPSA) is 9.23 Å². The molecule has 0 rings (SSSR count). The highest BCUT2D eigenvalue weighted by molar-refractivity contribution is 5.98. The largest absolute Gasteiger partial charge is 0.417 e. The lowest BCUT2D eigenvalue weighted by molar-refractivity contribution is -0.437. The second-order valence-corrected chi connectivity index (χ2v) is 6.23. The minimum absolute atomic E-state index is 0.0680. The maximum absolute atomic E-state index is 13.7. The average Bonchev–Trinajstić information content (AvgIpc) is 2.45. The molecule has 0 aliphatic heterocycles. The van der Waals surface area contributed by atoms with Gasteiger partial charge in [-0.25, -0.2) is 4.39 Å². The van der Waals surface area contributed by atoms with E-state index in [1.54, 1.807) is 0 Å². The summed E-state index contributed by atoms with van der Waals surface area (Å²) in [4.78, 5) is 0. The summed E-state index contributed by atoms with van der Waals surface area (Å²) in [6, 6.07) is 0. The van der Waals surface area contributed by atoms with Crippen LogP contribution in [0.3, 0.4) is 0 Å². The van der Waals surface area contributed by atoms with Crippen LogP contribution in [0.2, 0.25) is 0 Å². The molecule has 15 heteroatoms. The molecule has 0 bridgehead atoms. The van der Waals surface area contributed by atoms with Crippen LogP contribution in [-0.2, 0) is 4.43 Å². The van der Waals surface area contributed by atoms with Crippen LogP contribution in [0.1, 0.15) is 20.8 Å². The smallest absolute Gasteiger partial charge is 0.384 e. The summed E-state index contributed by atoms with van der Waals surface area (Å²) in [5.41, 5.74) is -3.55. The summed E-state index contributed by atoms with van der Waals surface area (Å²) >= 11 is 0. The van der Waals surface area contributed by atoms with Crippen molar-refractivity contribution in [3.05, 3.63) is 0 Å². The first-order valence-electron chi connectivity index (χ1n) is 6.46. The molecule has 1 atom stereocenters. The molecule has 0 saturated heterocycles. The van der Waals surface area contributed by atoms with Gasteiger partial charge >= 0.3 is 35.5 Å². The molecule has 1 nitrogen and oxygen atoms in total. The van der Waals surface area contributed by atoms with Gasteiger partial charge < -0.3 is 4.43 Å². The summed E-state index contributed by atoms with van der Waals surface area (Å²) in [7, 11) is -0.794. The molecular formula is C11H13F13OSi. The van der Waals surface area contributed by atoms with Gasteiger partial charge in [-0.1, -0.05) is 0 Å². The molecule has 158 valence electrons. The molecule has 0 spiro atoms. The first-order valence-corrected chi connectivity index (χ1v) is 7.28. The van der Waals surface area contributed by atoms with E-state index in [1.807, 2.05) is 0 Å². The minimum Gasteiger partial charge on any atom is -0.417 e. The SMILES string of the molecule is CC(F)C(F)(F)C(F)(F)C(F)(F)C(F)(F)C(F)(F)C(F)(F)C(C)(C)O[SiH3]. The average molecular weight is 436 g/mol. The fourth-order valence-corrected chi connectivity index (χ4v) is 1.81. The van der Waals surface area contributed by atoms with Crippen molar-refractivity contribution in [1.82, 2.24) is 0 Å². The predicted molar refractivity (Wildman–Crippen MR) is 65.4 cm³/mol. The van der Waals surface area contributed by atoms with Crippen LogP contribution >= 0.6 is 0 Å². The summed E-state index contributed by atoms with van der Waals surface area (Å²) in [5.74, 6) is -43.0. The van der Waals surface area contributed by atoms with Crippen LogP contribution in [0.15, 0.2) is 0 Å². The highest BCUT2D eigenvalue weighted by atomic mass is 28.2. The maximum atomic E-state index is 13.7. The molecule has 0 aliphatic carbocycles. The van der Waals surface area contributed by atoms with Crippen LogP contribution < -0.4 is 0 Å². The van der Waals surface area contributed by atoms with Gasteiger partial charge in [0.25, 0.3) is 0 Å². The molecule has 0 radical (unpaired) electrons. The number of alkyl halides is 13. The molecule has 0 heterocycles. The highest BCUT2D eigenvalue weighted by Crippen LogP contribution is 2.62. The number of rotatable bonds is 8. The van der Waals surface area contributed by atoms with Gasteiger partial charge in [0, 0.05) is 0 Å². The Balaban J connectivity index is 6.54. The van der Waals surface area contributed by atoms with Crippen molar-refractivity contribution < 1.29 is 61.5 Å². The molecule has 0 aromatic carbocycles. The van der Waals surface area contributed by atoms with Crippen LogP contribution in [-0.4, -0.2) is 57.8 Å². The lowest BCUT2D eigenvalue weighted by Crippen LogP contribution is -2.74. The van der Waals surface area contributed by atoms with Crippen molar-refractivity contribution in [2.75, 3.05) is 0 Å². The van der Waals surface area contributed by atoms with Crippen molar-refractivity contribution in [1.29, 1.82) is 0 Å². The third-order valence-electron chi connectivity index (χ3n) is 3.76. The molecule has 26 heavy (non-hydrogen) atoms. The van der Waals surface area contributed by atoms with Crippen LogP contribution in [0.25, 0.3) is 0 Å². The minimum atomic E-state index is -7.77. The number of halogens is 13. The molecule has 0 aliphatic rings. The van der Waals surface area contributed by atoms with E-state index in [4.69, 9.17) is 0 Å². The first-order chi connectivity index (χ1) is 11.0. The summed E-state index contributed by atoms with van der Waals surface area (Å²) in [5, 5.41) is 0. The molecule has 0 fully saturated rings. The van der Waals surface area contributed by atoms with Gasteiger partial charge in [0.15, 0.2) is 6.17 Å². The van der Waals surface area contributed by atoms with Crippen LogP contribution in [0.4, 0.5) is 57.1 Å². The first kappa shape index (κ1) is 25.3. The molecule has 1 unspecified atom stereocenters. The van der Waals surface area contributed by atoms with E-state index in [0.717, 1.165) is 0 Å². The van der Waals surface area contributed by atoms with E-state index in [1.165, 1.54) is 0 Å². The van der Waals surface area contributed by atoms with E-state index in [2.05, 4.69) is 4.43 Å². The zero-order valence-corrected chi connectivity index (χ0v) is 15.4. The Labute approximate surface area is 141 Å². The zero-order chi connectivity index (χ0) is 21.8. The van der Waals surface area contributed by atoms with Crippen molar-refractivity contribution in [2.45, 2.75) is 68.1 Å². The molecule has 0 saturated carbocycles. The van der Waals surface area contributed by atoms with Crippen LogP contribution in [0, 0.1) is 0 Å². The van der Waals surface area contributed by atoms with Gasteiger partial charge in [-0.2, -0.15) is 52.7 Å². The van der Waals surface area contributed by atoms with Crippen molar-refractivity contribution in [3.8, 4) is 0 Å². The third-order valence-corrected chi connectivity index (χ3v) is 4.78. The fourth-order valence-electron chi connectivity index (χ4n) is 1.56. The lowest BCUT2D eigenvalue weighted by Gasteiger charge is -2.45. The van der Waals surface area contributed by atoms with Gasteiger partial charge in [0.1, 0.15) is 16.1 Å². The normalized spacial score (nSPS) is 17.5. The highest BCUT2D eigenvalue weighted by Gasteiger charge is 2.91. The Morgan fingerprint density at radius 3 is 1.15 bits per heavy atom. The Hall–Kier alpha value is -0.733. The van der Waals surface area contributed by atoms with Gasteiger partial charge in [0.2, 0.25) is 0 Å². The number of hydrogen-bond donors (Lipinski definition) is 0. The van der Waals surface area contributed by atoms with Crippen LogP contribution in [0.5, 0.6) is 0 Å². The lowest BCUT2D eigenvalue weighted by atomic mass is 9.85. The van der Waals surface area contributed by atoms with Crippen molar-refractivity contribution >= 4 is 10.5 Å². The third kappa shape index (κ3) is 2.98. The molecular weight excluding hydrogens is 423 g/mol. The quantitative estimate of drug-likeness (QED) is 0.409. The van der Waals surface area contributed by atoms with E-state index < -0.39 is 64.7 Å². The van der Waals surface area contributed by atoms with E-state index in [-0.39, 0.29) is 13.8 Å². The van der Waals surface area contributed by atoms with Gasteiger partial charge in [-0.3, -0.25) is 0 Å². The predicted octanol–water partition coefficient (Wildman–Crippen LogP) is 4.23. The van der Waals surface area contributed by atoms with Crippen molar-refractivity contribution in [3.63, 3.8) is 0 Å².